The lowest BCUT2D eigenvalue weighted by Crippen LogP contribution is -2.31. The van der Waals surface area contributed by atoms with E-state index < -0.39 is 0 Å². The first-order valence-corrected chi connectivity index (χ1v) is 7.26. The minimum absolute atomic E-state index is 0.137. The Balaban J connectivity index is 1.99. The number of thiocarbonyl (C=S) groups is 1. The highest BCUT2D eigenvalue weighted by Gasteiger charge is 2.50. The number of hydrogen-bond acceptors (Lipinski definition) is 3. The molecule has 2 aliphatic rings. The molecule has 0 radical (unpaired) electrons. The third-order valence-electron chi connectivity index (χ3n) is 4.06. The average Bonchev–Trinajstić information content (AvgIpc) is 2.96. The molecule has 3 rings (SSSR count). The first-order valence-electron chi connectivity index (χ1n) is 6.48. The molecular formula is C14H13ClN2O2S. The van der Waals surface area contributed by atoms with Crippen LogP contribution in [-0.4, -0.2) is 16.8 Å². The van der Waals surface area contributed by atoms with Gasteiger partial charge in [0.05, 0.1) is 22.5 Å². The molecule has 0 aromatic heterocycles. The van der Waals surface area contributed by atoms with E-state index in [1.54, 1.807) is 18.2 Å². The largest absolute Gasteiger partial charge is 0.389 e. The van der Waals surface area contributed by atoms with Crippen LogP contribution in [0.4, 0.5) is 5.69 Å². The summed E-state index contributed by atoms with van der Waals surface area (Å²) in [4.78, 5) is 26.2. The Bertz CT molecular complexity index is 610. The molecule has 1 heterocycles. The molecule has 4 nitrogen and oxygen atoms in total. The summed E-state index contributed by atoms with van der Waals surface area (Å²) in [5.74, 6) is -0.618. The molecule has 2 unspecified atom stereocenters. The zero-order valence-electron chi connectivity index (χ0n) is 10.6. The van der Waals surface area contributed by atoms with Crippen LogP contribution < -0.4 is 10.6 Å². The van der Waals surface area contributed by atoms with Gasteiger partial charge in [-0.15, -0.1) is 0 Å². The van der Waals surface area contributed by atoms with E-state index in [-0.39, 0.29) is 28.6 Å². The van der Waals surface area contributed by atoms with E-state index in [9.17, 15) is 9.59 Å². The lowest BCUT2D eigenvalue weighted by molar-refractivity contribution is -0.122. The summed E-state index contributed by atoms with van der Waals surface area (Å²) in [6.07, 6.45) is 2.51. The van der Waals surface area contributed by atoms with Crippen LogP contribution in [0.25, 0.3) is 0 Å². The molecule has 6 heteroatoms. The number of carbonyl (C=O) groups excluding carboxylic acids is 2. The highest BCUT2D eigenvalue weighted by atomic mass is 35.5. The Hall–Kier alpha value is -1.46. The molecule has 1 aromatic carbocycles. The number of fused-ring (bicyclic) bond motifs is 1. The van der Waals surface area contributed by atoms with Crippen molar-refractivity contribution in [3.8, 4) is 0 Å². The van der Waals surface area contributed by atoms with Crippen molar-refractivity contribution in [2.24, 2.45) is 17.6 Å². The predicted octanol–water partition coefficient (Wildman–Crippen LogP) is 2.26. The van der Waals surface area contributed by atoms with Crippen LogP contribution in [0.5, 0.6) is 0 Å². The molecule has 0 bridgehead atoms. The standard InChI is InChI=1S/C14H13ClN2O2S/c15-10-6-7(12(16)20)4-5-11(10)17-13(18)8-2-1-3-9(8)14(17)19/h4-6,8-9H,1-3H2,(H2,16,20). The first-order chi connectivity index (χ1) is 9.50. The number of hydrogen-bond donors (Lipinski definition) is 1. The molecule has 1 aliphatic heterocycles. The van der Waals surface area contributed by atoms with Crippen LogP contribution in [0, 0.1) is 11.8 Å². The minimum atomic E-state index is -0.172. The molecule has 2 N–H and O–H groups in total. The van der Waals surface area contributed by atoms with E-state index in [0.717, 1.165) is 19.3 Å². The van der Waals surface area contributed by atoms with E-state index in [0.29, 0.717) is 16.3 Å². The van der Waals surface area contributed by atoms with Crippen molar-refractivity contribution in [3.05, 3.63) is 28.8 Å². The fourth-order valence-electron chi connectivity index (χ4n) is 3.07. The summed E-state index contributed by atoms with van der Waals surface area (Å²) in [6.45, 7) is 0. The second-order valence-corrected chi connectivity index (χ2v) is 6.03. The maximum Gasteiger partial charge on any atom is 0.237 e. The topological polar surface area (TPSA) is 63.4 Å². The van der Waals surface area contributed by atoms with Gasteiger partial charge in [0.25, 0.3) is 0 Å². The molecule has 1 saturated carbocycles. The number of benzene rings is 1. The van der Waals surface area contributed by atoms with Gasteiger partial charge in [-0.25, -0.2) is 4.90 Å². The SMILES string of the molecule is NC(=S)c1ccc(N2C(=O)C3CCCC3C2=O)c(Cl)c1. The number of anilines is 1. The second kappa shape index (κ2) is 4.82. The zero-order valence-corrected chi connectivity index (χ0v) is 12.2. The summed E-state index contributed by atoms with van der Waals surface area (Å²) in [5.41, 5.74) is 6.59. The fourth-order valence-corrected chi connectivity index (χ4v) is 3.46. The van der Waals surface area contributed by atoms with Crippen LogP contribution in [0.15, 0.2) is 18.2 Å². The van der Waals surface area contributed by atoms with Gasteiger partial charge in [-0.05, 0) is 31.0 Å². The van der Waals surface area contributed by atoms with Crippen molar-refractivity contribution in [2.75, 3.05) is 4.90 Å². The monoisotopic (exact) mass is 308 g/mol. The number of nitrogens with two attached hydrogens (primary N) is 1. The number of nitrogens with zero attached hydrogens (tertiary/aromatic N) is 1. The first kappa shape index (κ1) is 13.5. The minimum Gasteiger partial charge on any atom is -0.389 e. The maximum atomic E-state index is 12.4. The Morgan fingerprint density at radius 3 is 2.35 bits per heavy atom. The maximum absolute atomic E-state index is 12.4. The van der Waals surface area contributed by atoms with Crippen molar-refractivity contribution in [2.45, 2.75) is 19.3 Å². The lowest BCUT2D eigenvalue weighted by Gasteiger charge is -2.17. The van der Waals surface area contributed by atoms with E-state index in [1.165, 1.54) is 4.90 Å². The van der Waals surface area contributed by atoms with Crippen LogP contribution in [0.1, 0.15) is 24.8 Å². The van der Waals surface area contributed by atoms with Gasteiger partial charge in [0.1, 0.15) is 4.99 Å². The molecule has 1 aliphatic carbocycles. The molecule has 104 valence electrons. The third kappa shape index (κ3) is 1.93. The van der Waals surface area contributed by atoms with Crippen LogP contribution in [0.2, 0.25) is 5.02 Å². The average molecular weight is 309 g/mol. The Morgan fingerprint density at radius 1 is 1.25 bits per heavy atom. The number of carbonyl (C=O) groups is 2. The van der Waals surface area contributed by atoms with Crippen LogP contribution in [0.3, 0.4) is 0 Å². The molecule has 2 amide bonds. The van der Waals surface area contributed by atoms with Crippen molar-refractivity contribution < 1.29 is 9.59 Å². The van der Waals surface area contributed by atoms with Gasteiger partial charge in [-0.2, -0.15) is 0 Å². The summed E-state index contributed by atoms with van der Waals surface area (Å²) >= 11 is 11.1. The highest BCUT2D eigenvalue weighted by Crippen LogP contribution is 2.43. The van der Waals surface area contributed by atoms with Gasteiger partial charge in [-0.3, -0.25) is 9.59 Å². The number of amides is 2. The van der Waals surface area contributed by atoms with Gasteiger partial charge >= 0.3 is 0 Å². The van der Waals surface area contributed by atoms with Gasteiger partial charge in [-0.1, -0.05) is 30.2 Å². The van der Waals surface area contributed by atoms with Gasteiger partial charge < -0.3 is 5.73 Å². The van der Waals surface area contributed by atoms with Crippen molar-refractivity contribution >= 4 is 46.3 Å². The van der Waals surface area contributed by atoms with Crippen LogP contribution >= 0.6 is 23.8 Å². The quantitative estimate of drug-likeness (QED) is 0.672. The third-order valence-corrected chi connectivity index (χ3v) is 4.60. The van der Waals surface area contributed by atoms with E-state index in [1.807, 2.05) is 0 Å². The smallest absolute Gasteiger partial charge is 0.237 e. The summed E-state index contributed by atoms with van der Waals surface area (Å²) in [7, 11) is 0. The Morgan fingerprint density at radius 2 is 1.85 bits per heavy atom. The second-order valence-electron chi connectivity index (χ2n) is 5.19. The highest BCUT2D eigenvalue weighted by molar-refractivity contribution is 7.80. The normalized spacial score (nSPS) is 25.1. The molecule has 0 spiro atoms. The molecule has 1 saturated heterocycles. The van der Waals surface area contributed by atoms with Crippen molar-refractivity contribution in [3.63, 3.8) is 0 Å². The molecule has 2 fully saturated rings. The zero-order chi connectivity index (χ0) is 14.4. The molecular weight excluding hydrogens is 296 g/mol. The number of imide groups is 1. The van der Waals surface area contributed by atoms with Gasteiger partial charge in [0.15, 0.2) is 0 Å². The van der Waals surface area contributed by atoms with Crippen LogP contribution in [-0.2, 0) is 9.59 Å². The summed E-state index contributed by atoms with van der Waals surface area (Å²) in [6, 6.07) is 4.90. The van der Waals surface area contributed by atoms with Crippen molar-refractivity contribution in [1.82, 2.24) is 0 Å². The summed E-state index contributed by atoms with van der Waals surface area (Å²) < 4.78 is 0. The van der Waals surface area contributed by atoms with E-state index in [4.69, 9.17) is 29.6 Å². The Labute approximate surface area is 126 Å². The van der Waals surface area contributed by atoms with E-state index in [2.05, 4.69) is 0 Å². The molecule has 20 heavy (non-hydrogen) atoms. The lowest BCUT2D eigenvalue weighted by atomic mass is 10.00. The molecule has 1 aromatic rings. The summed E-state index contributed by atoms with van der Waals surface area (Å²) in [5, 5.41) is 0.317. The number of rotatable bonds is 2. The number of halogens is 1. The molecule has 2 atom stereocenters. The van der Waals surface area contributed by atoms with Gasteiger partial charge in [0, 0.05) is 5.56 Å². The fraction of sp³-hybridized carbons (Fsp3) is 0.357. The van der Waals surface area contributed by atoms with Crippen molar-refractivity contribution in [1.29, 1.82) is 0 Å². The van der Waals surface area contributed by atoms with E-state index >= 15 is 0 Å². The van der Waals surface area contributed by atoms with Gasteiger partial charge in [0.2, 0.25) is 11.8 Å². The predicted molar refractivity (Wildman–Crippen MR) is 80.7 cm³/mol. The Kier molecular flexibility index (Phi) is 3.26.